The van der Waals surface area contributed by atoms with Gasteiger partial charge in [0.05, 0.1) is 6.61 Å². The molecule has 0 amide bonds. The van der Waals surface area contributed by atoms with Crippen LogP contribution in [0.5, 0.6) is 0 Å². The van der Waals surface area contributed by atoms with Crippen LogP contribution in [-0.4, -0.2) is 37.0 Å². The van der Waals surface area contributed by atoms with Crippen LogP contribution in [-0.2, 0) is 4.74 Å². The van der Waals surface area contributed by atoms with Gasteiger partial charge in [-0.1, -0.05) is 6.92 Å². The predicted molar refractivity (Wildman–Crippen MR) is 52.7 cm³/mol. The van der Waals surface area contributed by atoms with Crippen molar-refractivity contribution < 1.29 is 9.84 Å². The minimum absolute atomic E-state index is 0.116. The Labute approximate surface area is 80.5 Å². The van der Waals surface area contributed by atoms with Crippen LogP contribution in [0.25, 0.3) is 0 Å². The van der Waals surface area contributed by atoms with Crippen molar-refractivity contribution in [2.75, 3.05) is 20.3 Å². The number of rotatable bonds is 6. The summed E-state index contributed by atoms with van der Waals surface area (Å²) in [4.78, 5) is 0. The predicted octanol–water partition coefficient (Wildman–Crippen LogP) is 0.772. The van der Waals surface area contributed by atoms with Gasteiger partial charge < -0.3 is 15.2 Å². The number of aliphatic hydroxyl groups is 1. The standard InChI is InChI=1S/C10H21NO2/c1-4-11-8(2)10(12,7-13-3)9-5-6-9/h8-9,11-12H,4-7H2,1-3H3. The van der Waals surface area contributed by atoms with Crippen molar-refractivity contribution in [3.63, 3.8) is 0 Å². The van der Waals surface area contributed by atoms with E-state index in [4.69, 9.17) is 4.74 Å². The Morgan fingerprint density at radius 3 is 2.62 bits per heavy atom. The normalized spacial score (nSPS) is 24.0. The average Bonchev–Trinajstić information content (AvgIpc) is 2.87. The van der Waals surface area contributed by atoms with Crippen molar-refractivity contribution in [2.45, 2.75) is 38.3 Å². The molecule has 0 aliphatic heterocycles. The molecule has 1 fully saturated rings. The summed E-state index contributed by atoms with van der Waals surface area (Å²) in [6, 6.07) is 0.116. The van der Waals surface area contributed by atoms with Crippen molar-refractivity contribution in [1.82, 2.24) is 5.32 Å². The van der Waals surface area contributed by atoms with E-state index in [1.54, 1.807) is 7.11 Å². The Hall–Kier alpha value is -0.120. The summed E-state index contributed by atoms with van der Waals surface area (Å²) in [7, 11) is 1.64. The van der Waals surface area contributed by atoms with Crippen LogP contribution in [0.4, 0.5) is 0 Å². The van der Waals surface area contributed by atoms with Gasteiger partial charge in [0, 0.05) is 13.2 Å². The molecule has 1 saturated carbocycles. The van der Waals surface area contributed by atoms with Crippen molar-refractivity contribution in [2.24, 2.45) is 5.92 Å². The van der Waals surface area contributed by atoms with Crippen LogP contribution in [0, 0.1) is 5.92 Å². The molecule has 1 aliphatic carbocycles. The summed E-state index contributed by atoms with van der Waals surface area (Å²) in [5.41, 5.74) is -0.662. The van der Waals surface area contributed by atoms with E-state index in [0.29, 0.717) is 12.5 Å². The molecule has 0 heterocycles. The lowest BCUT2D eigenvalue weighted by atomic mass is 9.90. The van der Waals surface area contributed by atoms with Gasteiger partial charge in [-0.25, -0.2) is 0 Å². The second kappa shape index (κ2) is 4.40. The van der Waals surface area contributed by atoms with Gasteiger partial charge in [-0.15, -0.1) is 0 Å². The Bertz CT molecular complexity index is 159. The van der Waals surface area contributed by atoms with E-state index in [1.165, 1.54) is 0 Å². The van der Waals surface area contributed by atoms with Gasteiger partial charge in [-0.2, -0.15) is 0 Å². The number of nitrogens with one attached hydrogen (secondary N) is 1. The van der Waals surface area contributed by atoms with Crippen LogP contribution < -0.4 is 5.32 Å². The molecule has 2 atom stereocenters. The van der Waals surface area contributed by atoms with Gasteiger partial charge in [-0.05, 0) is 32.2 Å². The summed E-state index contributed by atoms with van der Waals surface area (Å²) in [6.45, 7) is 5.41. The van der Waals surface area contributed by atoms with Gasteiger partial charge in [0.25, 0.3) is 0 Å². The van der Waals surface area contributed by atoms with E-state index >= 15 is 0 Å². The second-order valence-corrected chi connectivity index (χ2v) is 3.98. The van der Waals surface area contributed by atoms with Gasteiger partial charge >= 0.3 is 0 Å². The monoisotopic (exact) mass is 187 g/mol. The number of methoxy groups -OCH3 is 1. The zero-order chi connectivity index (χ0) is 9.90. The molecule has 3 nitrogen and oxygen atoms in total. The first-order valence-electron chi connectivity index (χ1n) is 5.09. The smallest absolute Gasteiger partial charge is 0.106 e. The molecule has 0 saturated heterocycles. The lowest BCUT2D eigenvalue weighted by Gasteiger charge is -2.34. The van der Waals surface area contributed by atoms with Crippen molar-refractivity contribution >= 4 is 0 Å². The van der Waals surface area contributed by atoms with E-state index in [1.807, 2.05) is 6.92 Å². The summed E-state index contributed by atoms with van der Waals surface area (Å²) in [5, 5.41) is 13.6. The summed E-state index contributed by atoms with van der Waals surface area (Å²) in [6.07, 6.45) is 2.27. The first kappa shape index (κ1) is 11.0. The lowest BCUT2D eigenvalue weighted by molar-refractivity contribution is -0.0698. The molecule has 0 aromatic rings. The molecule has 0 bridgehead atoms. The molecule has 0 spiro atoms. The third kappa shape index (κ3) is 2.42. The molecule has 2 unspecified atom stereocenters. The highest BCUT2D eigenvalue weighted by molar-refractivity contribution is 5.00. The number of hydrogen-bond acceptors (Lipinski definition) is 3. The van der Waals surface area contributed by atoms with Crippen molar-refractivity contribution in [3.8, 4) is 0 Å². The fourth-order valence-electron chi connectivity index (χ4n) is 1.89. The third-order valence-corrected chi connectivity index (χ3v) is 2.92. The first-order chi connectivity index (χ1) is 6.15. The molecule has 78 valence electrons. The molecule has 3 heteroatoms. The van der Waals surface area contributed by atoms with Crippen LogP contribution in [0.15, 0.2) is 0 Å². The van der Waals surface area contributed by atoms with E-state index in [9.17, 15) is 5.11 Å². The van der Waals surface area contributed by atoms with Gasteiger partial charge in [-0.3, -0.25) is 0 Å². The van der Waals surface area contributed by atoms with Gasteiger partial charge in [0.1, 0.15) is 5.60 Å². The maximum atomic E-state index is 10.4. The molecule has 0 aromatic carbocycles. The van der Waals surface area contributed by atoms with Crippen molar-refractivity contribution in [1.29, 1.82) is 0 Å². The number of ether oxygens (including phenoxy) is 1. The fourth-order valence-corrected chi connectivity index (χ4v) is 1.89. The van der Waals surface area contributed by atoms with E-state index < -0.39 is 5.60 Å². The fraction of sp³-hybridized carbons (Fsp3) is 1.00. The SMILES string of the molecule is CCNC(C)C(O)(COC)C1CC1. The van der Waals surface area contributed by atoms with Crippen LogP contribution in [0.2, 0.25) is 0 Å². The minimum atomic E-state index is -0.662. The lowest BCUT2D eigenvalue weighted by Crippen LogP contribution is -2.53. The average molecular weight is 187 g/mol. The second-order valence-electron chi connectivity index (χ2n) is 3.98. The Morgan fingerprint density at radius 2 is 2.23 bits per heavy atom. The van der Waals surface area contributed by atoms with Crippen LogP contribution in [0.1, 0.15) is 26.7 Å². The molecule has 0 aromatic heterocycles. The van der Waals surface area contributed by atoms with E-state index in [0.717, 1.165) is 19.4 Å². The van der Waals surface area contributed by atoms with Crippen LogP contribution >= 0.6 is 0 Å². The topological polar surface area (TPSA) is 41.5 Å². The van der Waals surface area contributed by atoms with Crippen molar-refractivity contribution in [3.05, 3.63) is 0 Å². The Kier molecular flexibility index (Phi) is 3.71. The first-order valence-corrected chi connectivity index (χ1v) is 5.09. The Balaban J connectivity index is 2.53. The summed E-state index contributed by atoms with van der Waals surface area (Å²) >= 11 is 0. The highest BCUT2D eigenvalue weighted by Gasteiger charge is 2.47. The third-order valence-electron chi connectivity index (χ3n) is 2.92. The molecule has 13 heavy (non-hydrogen) atoms. The molecule has 0 radical (unpaired) electrons. The van der Waals surface area contributed by atoms with Crippen LogP contribution in [0.3, 0.4) is 0 Å². The quantitative estimate of drug-likeness (QED) is 0.645. The highest BCUT2D eigenvalue weighted by atomic mass is 16.5. The molecule has 2 N–H and O–H groups in total. The van der Waals surface area contributed by atoms with Gasteiger partial charge in [0.2, 0.25) is 0 Å². The Morgan fingerprint density at radius 1 is 1.62 bits per heavy atom. The molecule has 1 aliphatic rings. The maximum Gasteiger partial charge on any atom is 0.106 e. The minimum Gasteiger partial charge on any atom is -0.386 e. The molecular formula is C10H21NO2. The maximum absolute atomic E-state index is 10.4. The molecular weight excluding hydrogens is 166 g/mol. The number of likely N-dealkylation sites (N-methyl/N-ethyl adjacent to an activating group) is 1. The summed E-state index contributed by atoms with van der Waals surface area (Å²) in [5.74, 6) is 0.432. The molecule has 1 rings (SSSR count). The van der Waals surface area contributed by atoms with E-state index in [-0.39, 0.29) is 6.04 Å². The van der Waals surface area contributed by atoms with Gasteiger partial charge in [0.15, 0.2) is 0 Å². The van der Waals surface area contributed by atoms with E-state index in [2.05, 4.69) is 12.2 Å². The summed E-state index contributed by atoms with van der Waals surface area (Å²) < 4.78 is 5.09. The zero-order valence-corrected chi connectivity index (χ0v) is 8.84. The highest BCUT2D eigenvalue weighted by Crippen LogP contribution is 2.41. The zero-order valence-electron chi connectivity index (χ0n) is 8.84. The largest absolute Gasteiger partial charge is 0.386 e. The number of hydrogen-bond donors (Lipinski definition) is 2.